The molecule has 0 aliphatic carbocycles. The van der Waals surface area contributed by atoms with E-state index in [1.165, 1.54) is 6.92 Å². The summed E-state index contributed by atoms with van der Waals surface area (Å²) < 4.78 is 0. The number of rotatable bonds is 0. The van der Waals surface area contributed by atoms with E-state index in [0.717, 1.165) is 6.29 Å². The van der Waals surface area contributed by atoms with Crippen LogP contribution in [0.15, 0.2) is 0 Å². The molecule has 0 spiro atoms. The third kappa shape index (κ3) is 45.4. The van der Waals surface area contributed by atoms with E-state index >= 15 is 0 Å². The fourth-order valence-electron chi connectivity index (χ4n) is 0. The Hall–Kier alpha value is 1.63. The number of carbonyl (C=O) groups excluding carboxylic acids is 1. The molecule has 0 aliphatic heterocycles. The molecular formula is C2H8Na2O2. The Morgan fingerprint density at radius 2 is 1.33 bits per heavy atom. The summed E-state index contributed by atoms with van der Waals surface area (Å²) in [5.41, 5.74) is 0. The third-order valence-electron chi connectivity index (χ3n) is 0. The number of hydrogen-bond donors (Lipinski definition) is 0. The molecule has 0 rings (SSSR count). The van der Waals surface area contributed by atoms with Gasteiger partial charge >= 0.3 is 59.1 Å². The van der Waals surface area contributed by atoms with E-state index in [2.05, 4.69) is 0 Å². The van der Waals surface area contributed by atoms with E-state index in [1.54, 1.807) is 0 Å². The Morgan fingerprint density at radius 1 is 1.33 bits per heavy atom. The van der Waals surface area contributed by atoms with E-state index in [9.17, 15) is 0 Å². The monoisotopic (exact) mass is 110 g/mol. The molecule has 0 aromatic carbocycles. The zero-order valence-electron chi connectivity index (χ0n) is 2.49. The topological polar surface area (TPSA) is 48.6 Å². The molecule has 6 heavy (non-hydrogen) atoms. The van der Waals surface area contributed by atoms with Gasteiger partial charge in [0.2, 0.25) is 0 Å². The van der Waals surface area contributed by atoms with Crippen molar-refractivity contribution in [3.05, 3.63) is 0 Å². The second-order valence-electron chi connectivity index (χ2n) is 0.236. The van der Waals surface area contributed by atoms with Gasteiger partial charge in [-0.25, -0.2) is 0 Å². The predicted octanol–water partition coefficient (Wildman–Crippen LogP) is -1.92. The molecule has 30 valence electrons. The average molecular weight is 110 g/mol. The summed E-state index contributed by atoms with van der Waals surface area (Å²) in [7, 11) is 0. The normalized spacial score (nSPS) is 2.17. The molecule has 0 aromatic rings. The van der Waals surface area contributed by atoms with Crippen molar-refractivity contribution in [3.63, 3.8) is 0 Å². The summed E-state index contributed by atoms with van der Waals surface area (Å²) in [6.07, 6.45) is 0.750. The van der Waals surface area contributed by atoms with Gasteiger partial charge in [-0.2, -0.15) is 0 Å². The van der Waals surface area contributed by atoms with Crippen LogP contribution in [0, 0.1) is 0 Å². The first-order chi connectivity index (χ1) is 1.41. The van der Waals surface area contributed by atoms with Gasteiger partial charge in [0.25, 0.3) is 0 Å². The third-order valence-corrected chi connectivity index (χ3v) is 0. The van der Waals surface area contributed by atoms with Crippen LogP contribution < -0.4 is 0 Å². The molecule has 0 bridgehead atoms. The Kier molecular flexibility index (Phi) is 129. The second kappa shape index (κ2) is 30.4. The molecule has 0 saturated carbocycles. The van der Waals surface area contributed by atoms with Gasteiger partial charge < -0.3 is 10.3 Å². The summed E-state index contributed by atoms with van der Waals surface area (Å²) in [4.78, 5) is 8.81. The van der Waals surface area contributed by atoms with Crippen LogP contribution in [0.1, 0.15) is 6.92 Å². The summed E-state index contributed by atoms with van der Waals surface area (Å²) in [5.74, 6) is 0. The van der Waals surface area contributed by atoms with Gasteiger partial charge in [0.15, 0.2) is 0 Å². The molecule has 0 atom stereocenters. The quantitative estimate of drug-likeness (QED) is 0.265. The minimum atomic E-state index is 0. The van der Waals surface area contributed by atoms with Crippen molar-refractivity contribution < 1.29 is 10.3 Å². The average Bonchev–Trinajstić information content (AvgIpc) is 0.918. The number of carbonyl (C=O) groups is 1. The van der Waals surface area contributed by atoms with Crippen LogP contribution in [0.25, 0.3) is 0 Å². The zero-order chi connectivity index (χ0) is 2.71. The van der Waals surface area contributed by atoms with E-state index in [-0.39, 0.29) is 64.6 Å². The van der Waals surface area contributed by atoms with Crippen molar-refractivity contribution in [2.45, 2.75) is 6.92 Å². The van der Waals surface area contributed by atoms with E-state index < -0.39 is 0 Å². The molecule has 0 aromatic heterocycles. The summed E-state index contributed by atoms with van der Waals surface area (Å²) in [6.45, 7) is 1.44. The van der Waals surface area contributed by atoms with Gasteiger partial charge in [0.1, 0.15) is 6.29 Å². The van der Waals surface area contributed by atoms with Gasteiger partial charge in [-0.15, -0.1) is 0 Å². The van der Waals surface area contributed by atoms with Crippen LogP contribution in [0.2, 0.25) is 0 Å². The Bertz CT molecular complexity index is 17.0. The van der Waals surface area contributed by atoms with Crippen LogP contribution >= 0.6 is 0 Å². The van der Waals surface area contributed by atoms with Crippen molar-refractivity contribution in [3.8, 4) is 0 Å². The number of hydrogen-bond acceptors (Lipinski definition) is 1. The first kappa shape index (κ1) is 25.5. The minimum absolute atomic E-state index is 0. The maximum absolute atomic E-state index is 8.81. The van der Waals surface area contributed by atoms with Crippen molar-refractivity contribution in [1.29, 1.82) is 0 Å². The summed E-state index contributed by atoms with van der Waals surface area (Å²) in [6, 6.07) is 0. The number of aldehydes is 1. The van der Waals surface area contributed by atoms with Crippen molar-refractivity contribution in [2.24, 2.45) is 0 Å². The van der Waals surface area contributed by atoms with Gasteiger partial charge in [-0.05, 0) is 6.92 Å². The molecule has 0 unspecified atom stereocenters. The van der Waals surface area contributed by atoms with Crippen LogP contribution in [0.3, 0.4) is 0 Å². The van der Waals surface area contributed by atoms with Gasteiger partial charge in [-0.3, -0.25) is 0 Å². The Labute approximate surface area is 81.6 Å². The molecule has 0 saturated heterocycles. The zero-order valence-corrected chi connectivity index (χ0v) is 2.49. The molecular weight excluding hydrogens is 102 g/mol. The van der Waals surface area contributed by atoms with Crippen molar-refractivity contribution in [1.82, 2.24) is 0 Å². The van der Waals surface area contributed by atoms with Crippen molar-refractivity contribution in [2.75, 3.05) is 0 Å². The first-order valence-corrected chi connectivity index (χ1v) is 0.813. The predicted molar refractivity (Wildman–Crippen MR) is 29.6 cm³/mol. The molecule has 0 radical (unpaired) electrons. The van der Waals surface area contributed by atoms with Crippen LogP contribution in [-0.2, 0) is 4.79 Å². The van der Waals surface area contributed by atoms with Crippen LogP contribution in [0.5, 0.6) is 0 Å². The fraction of sp³-hybridized carbons (Fsp3) is 0.500. The Balaban J connectivity index is -0.00000000667. The van der Waals surface area contributed by atoms with E-state index in [0.29, 0.717) is 0 Å². The van der Waals surface area contributed by atoms with Crippen LogP contribution in [0.4, 0.5) is 0 Å². The molecule has 4 heteroatoms. The Morgan fingerprint density at radius 3 is 1.33 bits per heavy atom. The second-order valence-corrected chi connectivity index (χ2v) is 0.236. The van der Waals surface area contributed by atoms with Gasteiger partial charge in [0.05, 0.1) is 0 Å². The molecule has 0 amide bonds. The van der Waals surface area contributed by atoms with E-state index in [4.69, 9.17) is 4.79 Å². The van der Waals surface area contributed by atoms with Gasteiger partial charge in [0, 0.05) is 0 Å². The maximum atomic E-state index is 8.81. The van der Waals surface area contributed by atoms with Crippen molar-refractivity contribution >= 4 is 65.4 Å². The SMILES string of the molecule is CC=O.O.[NaH].[NaH]. The fourth-order valence-corrected chi connectivity index (χ4v) is 0. The van der Waals surface area contributed by atoms with Crippen LogP contribution in [-0.4, -0.2) is 70.9 Å². The van der Waals surface area contributed by atoms with E-state index in [1.807, 2.05) is 0 Å². The molecule has 2 nitrogen and oxygen atoms in total. The summed E-state index contributed by atoms with van der Waals surface area (Å²) in [5, 5.41) is 0. The first-order valence-electron chi connectivity index (χ1n) is 0.813. The molecule has 0 fully saturated rings. The van der Waals surface area contributed by atoms with Gasteiger partial charge in [-0.1, -0.05) is 0 Å². The molecule has 2 N–H and O–H groups in total. The standard InChI is InChI=1S/C2H4O.2Na.H2O.2H/c1-2-3;;;;;/h2H,1H3;;;1H2;;. The molecule has 0 aliphatic rings. The summed E-state index contributed by atoms with van der Waals surface area (Å²) >= 11 is 0. The molecule has 0 heterocycles.